The van der Waals surface area contributed by atoms with Gasteiger partial charge in [0, 0.05) is 12.8 Å². The molecule has 0 heterocycles. The summed E-state index contributed by atoms with van der Waals surface area (Å²) in [5, 5.41) is 0. The second kappa shape index (κ2) is 83.2. The van der Waals surface area contributed by atoms with Crippen LogP contribution in [0.25, 0.3) is 0 Å². The standard InChI is InChI=1S/C94H166NO8P/c1-6-8-10-12-14-16-18-20-22-24-26-28-30-32-34-36-38-40-42-44-46-47-49-50-52-54-56-58-60-62-64-66-68-70-72-74-76-78-80-82-84-86-93(96)100-90-92(91-102-104(98,99)101-89-88-95(3,4)5)103-94(97)87-85-83-81-79-77-75-73-71-69-67-65-63-61-59-57-55-53-51-48-45-43-41-39-37-35-33-31-29-27-25-23-21-19-17-15-13-11-9-7-2/h9,11,15,17-18,20-21,23-24,26-27,29,33,35,39,41,45,48,53,55,59,61,92H,6-8,10,12-14,16,19,22,25,28,30-32,34,36-38,40,42-44,46-47,49-52,54,56-58,60,62-91H2,1-5H3/p+1/b11-9-,17-15-,20-18-,23-21-,26-24-,29-27-,35-33-,41-39-,48-45-,55-53-,61-59-. The molecule has 600 valence electrons. The minimum absolute atomic E-state index is 0.0280. The predicted molar refractivity (Wildman–Crippen MR) is 454 cm³/mol. The summed E-state index contributed by atoms with van der Waals surface area (Å²) in [6.45, 7) is 4.35. The van der Waals surface area contributed by atoms with Crippen molar-refractivity contribution in [3.63, 3.8) is 0 Å². The predicted octanol–water partition coefficient (Wildman–Crippen LogP) is 29.8. The number of phosphoric ester groups is 1. The Hall–Kier alpha value is -3.85. The summed E-state index contributed by atoms with van der Waals surface area (Å²) >= 11 is 0. The number of nitrogens with zero attached hydrogens (tertiary/aromatic N) is 1. The lowest BCUT2D eigenvalue weighted by atomic mass is 10.0. The molecule has 1 N–H and O–H groups in total. The molecule has 2 unspecified atom stereocenters. The summed E-state index contributed by atoms with van der Waals surface area (Å²) in [5.41, 5.74) is 0. The van der Waals surface area contributed by atoms with Gasteiger partial charge < -0.3 is 18.9 Å². The zero-order valence-corrected chi connectivity index (χ0v) is 69.6. The van der Waals surface area contributed by atoms with E-state index in [9.17, 15) is 19.0 Å². The van der Waals surface area contributed by atoms with Gasteiger partial charge in [0.15, 0.2) is 6.10 Å². The van der Waals surface area contributed by atoms with Crippen molar-refractivity contribution in [3.05, 3.63) is 134 Å². The first-order valence-corrected chi connectivity index (χ1v) is 45.4. The molecule has 104 heavy (non-hydrogen) atoms. The molecule has 0 saturated carbocycles. The van der Waals surface area contributed by atoms with Gasteiger partial charge >= 0.3 is 19.8 Å². The number of hydrogen-bond donors (Lipinski definition) is 1. The molecule has 0 aliphatic carbocycles. The Bertz CT molecular complexity index is 2230. The molecule has 0 aromatic heterocycles. The fourth-order valence-electron chi connectivity index (χ4n) is 12.5. The van der Waals surface area contributed by atoms with E-state index in [-0.39, 0.29) is 32.0 Å². The van der Waals surface area contributed by atoms with Crippen LogP contribution in [0.2, 0.25) is 0 Å². The molecule has 9 nitrogen and oxygen atoms in total. The van der Waals surface area contributed by atoms with Crippen LogP contribution in [0, 0.1) is 0 Å². The summed E-state index contributed by atoms with van der Waals surface area (Å²) in [4.78, 5) is 36.1. The third-order valence-electron chi connectivity index (χ3n) is 19.2. The van der Waals surface area contributed by atoms with Gasteiger partial charge in [0.2, 0.25) is 0 Å². The number of rotatable bonds is 81. The van der Waals surface area contributed by atoms with Crippen molar-refractivity contribution in [2.24, 2.45) is 0 Å². The topological polar surface area (TPSA) is 108 Å². The average Bonchev–Trinajstić information content (AvgIpc) is 0.915. The van der Waals surface area contributed by atoms with Crippen LogP contribution in [0.4, 0.5) is 0 Å². The van der Waals surface area contributed by atoms with Crippen LogP contribution in [-0.4, -0.2) is 74.9 Å². The van der Waals surface area contributed by atoms with Gasteiger partial charge in [0.05, 0.1) is 27.7 Å². The fraction of sp³-hybridized carbons (Fsp3) is 0.745. The number of phosphoric acid groups is 1. The van der Waals surface area contributed by atoms with E-state index in [1.54, 1.807) is 0 Å². The summed E-state index contributed by atoms with van der Waals surface area (Å²) in [6.07, 6.45) is 122. The van der Waals surface area contributed by atoms with Crippen molar-refractivity contribution < 1.29 is 42.1 Å². The fourth-order valence-corrected chi connectivity index (χ4v) is 13.3. The molecule has 0 aliphatic rings. The highest BCUT2D eigenvalue weighted by Crippen LogP contribution is 2.43. The highest BCUT2D eigenvalue weighted by atomic mass is 31.2. The smallest absolute Gasteiger partial charge is 0.462 e. The summed E-state index contributed by atoms with van der Waals surface area (Å²) < 4.78 is 34.9. The summed E-state index contributed by atoms with van der Waals surface area (Å²) in [5.74, 6) is -0.790. The molecule has 0 spiro atoms. The molecule has 0 aromatic carbocycles. The third-order valence-corrected chi connectivity index (χ3v) is 20.1. The number of carbonyl (C=O) groups excluding carboxylic acids is 2. The minimum Gasteiger partial charge on any atom is -0.462 e. The first-order chi connectivity index (χ1) is 51.0. The normalized spacial score (nSPS) is 13.6. The lowest BCUT2D eigenvalue weighted by Crippen LogP contribution is -2.37. The quantitative estimate of drug-likeness (QED) is 0.0211. The maximum Gasteiger partial charge on any atom is 0.472 e. The molecule has 0 rings (SSSR count). The van der Waals surface area contributed by atoms with E-state index < -0.39 is 26.5 Å². The molecule has 0 radical (unpaired) electrons. The molecule has 0 saturated heterocycles. The average molecular weight is 1470 g/mol. The van der Waals surface area contributed by atoms with Crippen molar-refractivity contribution in [1.29, 1.82) is 0 Å². The van der Waals surface area contributed by atoms with Gasteiger partial charge in [-0.2, -0.15) is 0 Å². The Morgan fingerprint density at radius 1 is 0.308 bits per heavy atom. The van der Waals surface area contributed by atoms with Crippen LogP contribution in [0.5, 0.6) is 0 Å². The third kappa shape index (κ3) is 87.1. The number of hydrogen-bond acceptors (Lipinski definition) is 7. The zero-order valence-electron chi connectivity index (χ0n) is 68.7. The number of quaternary nitrogens is 1. The number of carbonyl (C=O) groups is 2. The number of ether oxygens (including phenoxy) is 2. The lowest BCUT2D eigenvalue weighted by molar-refractivity contribution is -0.870. The SMILES string of the molecule is CC/C=C\C/C=C\C/C=C\C/C=C\C/C=C\C/C=C\C/C=C\C/C=C\C/C=C\CCCCCCCCCCCCCC(=O)OC(COC(=O)CCCCCCCCCCCCCCCCCCCCCCCCCCCCCCC/C=C\C/C=C\CCCCCCC)COP(=O)(O)OCC[N+](C)(C)C. The van der Waals surface area contributed by atoms with Crippen molar-refractivity contribution in [2.75, 3.05) is 47.5 Å². The van der Waals surface area contributed by atoms with Gasteiger partial charge in [-0.05, 0) is 116 Å². The molecule has 0 fully saturated rings. The number of allylic oxidation sites excluding steroid dienone is 22. The highest BCUT2D eigenvalue weighted by Gasteiger charge is 2.27. The van der Waals surface area contributed by atoms with Crippen LogP contribution >= 0.6 is 7.82 Å². The van der Waals surface area contributed by atoms with Crippen molar-refractivity contribution in [2.45, 2.75) is 405 Å². The molecular weight excluding hydrogens is 1300 g/mol. The minimum atomic E-state index is -4.40. The summed E-state index contributed by atoms with van der Waals surface area (Å²) in [6, 6.07) is 0. The van der Waals surface area contributed by atoms with Gasteiger partial charge in [-0.3, -0.25) is 18.6 Å². The Kier molecular flexibility index (Phi) is 80.1. The monoisotopic (exact) mass is 1470 g/mol. The molecule has 2 atom stereocenters. The van der Waals surface area contributed by atoms with Crippen LogP contribution in [0.1, 0.15) is 399 Å². The van der Waals surface area contributed by atoms with Gasteiger partial charge in [-0.25, -0.2) is 4.57 Å². The molecule has 0 bridgehead atoms. The van der Waals surface area contributed by atoms with Gasteiger partial charge in [0.1, 0.15) is 19.8 Å². The number of esters is 2. The Balaban J connectivity index is 3.93. The van der Waals surface area contributed by atoms with Gasteiger partial charge in [-0.15, -0.1) is 0 Å². The second-order valence-electron chi connectivity index (χ2n) is 30.5. The van der Waals surface area contributed by atoms with E-state index in [0.717, 1.165) is 109 Å². The second-order valence-corrected chi connectivity index (χ2v) is 32.0. The highest BCUT2D eigenvalue weighted by molar-refractivity contribution is 7.47. The Morgan fingerprint density at radius 2 is 0.548 bits per heavy atom. The number of unbranched alkanes of at least 4 members (excludes halogenated alkanes) is 45. The van der Waals surface area contributed by atoms with Crippen LogP contribution in [0.3, 0.4) is 0 Å². The van der Waals surface area contributed by atoms with Crippen LogP contribution < -0.4 is 0 Å². The maximum absolute atomic E-state index is 12.9. The van der Waals surface area contributed by atoms with E-state index in [1.807, 2.05) is 21.1 Å². The zero-order chi connectivity index (χ0) is 75.4. The molecular formula is C94H167NO8P+. The van der Waals surface area contributed by atoms with E-state index in [1.165, 1.54) is 257 Å². The first kappa shape index (κ1) is 100. The maximum atomic E-state index is 12.9. The summed E-state index contributed by atoms with van der Waals surface area (Å²) in [7, 11) is 1.48. The van der Waals surface area contributed by atoms with E-state index in [2.05, 4.69) is 148 Å². The Morgan fingerprint density at radius 3 is 0.817 bits per heavy atom. The van der Waals surface area contributed by atoms with E-state index >= 15 is 0 Å². The first-order valence-electron chi connectivity index (χ1n) is 43.9. The molecule has 0 aromatic rings. The van der Waals surface area contributed by atoms with Crippen molar-refractivity contribution in [3.8, 4) is 0 Å². The van der Waals surface area contributed by atoms with E-state index in [0.29, 0.717) is 17.4 Å². The van der Waals surface area contributed by atoms with Crippen molar-refractivity contribution in [1.82, 2.24) is 0 Å². The molecule has 0 aliphatic heterocycles. The lowest BCUT2D eigenvalue weighted by Gasteiger charge is -2.24. The van der Waals surface area contributed by atoms with Crippen LogP contribution in [-0.2, 0) is 32.7 Å². The Labute approximate surface area is 644 Å². The molecule has 0 amide bonds. The molecule has 10 heteroatoms. The largest absolute Gasteiger partial charge is 0.472 e. The van der Waals surface area contributed by atoms with Gasteiger partial charge in [-0.1, -0.05) is 404 Å². The van der Waals surface area contributed by atoms with E-state index in [4.69, 9.17) is 18.5 Å². The number of likely N-dealkylation sites (N-methyl/N-ethyl adjacent to an activating group) is 1. The van der Waals surface area contributed by atoms with Crippen LogP contribution in [0.15, 0.2) is 134 Å². The van der Waals surface area contributed by atoms with Crippen molar-refractivity contribution >= 4 is 19.8 Å². The van der Waals surface area contributed by atoms with Gasteiger partial charge in [0.25, 0.3) is 0 Å².